The number of carbonyl (C=O) groups is 2. The fraction of sp³-hybridized carbons (Fsp3) is 0.318. The molecule has 0 heterocycles. The van der Waals surface area contributed by atoms with E-state index in [9.17, 15) is 9.59 Å². The number of para-hydroxylation sites is 1. The van der Waals surface area contributed by atoms with E-state index in [-0.39, 0.29) is 24.7 Å². The number of nitrogens with zero attached hydrogens (tertiary/aromatic N) is 1. The number of amides is 2. The van der Waals surface area contributed by atoms with Gasteiger partial charge in [-0.25, -0.2) is 5.43 Å². The normalized spacial score (nSPS) is 11.1. The van der Waals surface area contributed by atoms with Gasteiger partial charge in [-0.2, -0.15) is 5.10 Å². The molecule has 0 bridgehead atoms. The van der Waals surface area contributed by atoms with E-state index in [1.807, 2.05) is 30.3 Å². The van der Waals surface area contributed by atoms with Crippen molar-refractivity contribution in [2.75, 3.05) is 5.32 Å². The van der Waals surface area contributed by atoms with E-state index in [0.717, 1.165) is 37.0 Å². The van der Waals surface area contributed by atoms with Crippen molar-refractivity contribution in [2.24, 2.45) is 5.10 Å². The molecule has 28 heavy (non-hydrogen) atoms. The third-order valence-electron chi connectivity index (χ3n) is 4.17. The maximum atomic E-state index is 12.1. The molecule has 0 unspecified atom stereocenters. The molecule has 0 aliphatic rings. The van der Waals surface area contributed by atoms with Gasteiger partial charge in [-0.15, -0.1) is 0 Å². The van der Waals surface area contributed by atoms with Crippen molar-refractivity contribution in [2.45, 2.75) is 45.4 Å². The van der Waals surface area contributed by atoms with E-state index in [4.69, 9.17) is 11.6 Å². The summed E-state index contributed by atoms with van der Waals surface area (Å²) in [6, 6.07) is 16.8. The van der Waals surface area contributed by atoms with Crippen LogP contribution < -0.4 is 10.7 Å². The molecule has 148 valence electrons. The largest absolute Gasteiger partial charge is 0.325 e. The maximum absolute atomic E-state index is 12.1. The average molecular weight is 400 g/mol. The lowest BCUT2D eigenvalue weighted by molar-refractivity contribution is -0.124. The number of benzene rings is 2. The molecule has 2 amide bonds. The first-order valence-corrected chi connectivity index (χ1v) is 9.93. The van der Waals surface area contributed by atoms with Crippen molar-refractivity contribution >= 4 is 34.8 Å². The van der Waals surface area contributed by atoms with Crippen LogP contribution in [0.25, 0.3) is 0 Å². The Balaban J connectivity index is 1.87. The van der Waals surface area contributed by atoms with E-state index in [0.29, 0.717) is 10.7 Å². The first-order valence-electron chi connectivity index (χ1n) is 9.55. The zero-order valence-electron chi connectivity index (χ0n) is 16.1. The zero-order chi connectivity index (χ0) is 20.2. The minimum Gasteiger partial charge on any atom is -0.325 e. The Morgan fingerprint density at radius 3 is 2.29 bits per heavy atom. The van der Waals surface area contributed by atoms with Crippen LogP contribution in [0.2, 0.25) is 5.02 Å². The Hall–Kier alpha value is -2.66. The van der Waals surface area contributed by atoms with Gasteiger partial charge in [0.2, 0.25) is 11.8 Å². The molecule has 0 saturated carbocycles. The average Bonchev–Trinajstić information content (AvgIpc) is 2.71. The quantitative estimate of drug-likeness (QED) is 0.329. The van der Waals surface area contributed by atoms with Crippen molar-refractivity contribution < 1.29 is 9.59 Å². The van der Waals surface area contributed by atoms with Gasteiger partial charge in [-0.1, -0.05) is 73.8 Å². The van der Waals surface area contributed by atoms with E-state index >= 15 is 0 Å². The van der Waals surface area contributed by atoms with Crippen LogP contribution in [0.5, 0.6) is 0 Å². The second-order valence-corrected chi connectivity index (χ2v) is 6.85. The summed E-state index contributed by atoms with van der Waals surface area (Å²) in [6.45, 7) is 2.15. The summed E-state index contributed by atoms with van der Waals surface area (Å²) in [7, 11) is 0. The van der Waals surface area contributed by atoms with Crippen LogP contribution in [0.3, 0.4) is 0 Å². The smallest absolute Gasteiger partial charge is 0.240 e. The molecule has 5 nitrogen and oxygen atoms in total. The molecule has 2 rings (SSSR count). The van der Waals surface area contributed by atoms with Crippen LogP contribution in [0, 0.1) is 0 Å². The van der Waals surface area contributed by atoms with Gasteiger partial charge in [0.25, 0.3) is 0 Å². The van der Waals surface area contributed by atoms with Crippen LogP contribution in [-0.4, -0.2) is 17.5 Å². The van der Waals surface area contributed by atoms with Gasteiger partial charge < -0.3 is 5.32 Å². The zero-order valence-corrected chi connectivity index (χ0v) is 16.8. The Labute approximate surface area is 171 Å². The molecule has 2 aromatic carbocycles. The van der Waals surface area contributed by atoms with Gasteiger partial charge in [0.15, 0.2) is 0 Å². The van der Waals surface area contributed by atoms with E-state index in [2.05, 4.69) is 22.8 Å². The lowest BCUT2D eigenvalue weighted by atomic mass is 10.0. The van der Waals surface area contributed by atoms with Gasteiger partial charge in [0.05, 0.1) is 16.4 Å². The summed E-state index contributed by atoms with van der Waals surface area (Å²) in [5, 5.41) is 7.47. The SMILES string of the molecule is CCCCC/C(=N\NC(=O)CCC(=O)Nc1ccccc1Cl)c1ccccc1. The molecule has 2 aromatic rings. The molecular weight excluding hydrogens is 374 g/mol. The molecule has 0 atom stereocenters. The summed E-state index contributed by atoms with van der Waals surface area (Å²) in [6.07, 6.45) is 4.16. The monoisotopic (exact) mass is 399 g/mol. The minimum atomic E-state index is -0.293. The van der Waals surface area contributed by atoms with Gasteiger partial charge in [0, 0.05) is 12.8 Å². The maximum Gasteiger partial charge on any atom is 0.240 e. The topological polar surface area (TPSA) is 70.6 Å². The Morgan fingerprint density at radius 1 is 0.893 bits per heavy atom. The van der Waals surface area contributed by atoms with E-state index in [1.165, 1.54) is 0 Å². The molecule has 6 heteroatoms. The van der Waals surface area contributed by atoms with Crippen LogP contribution in [-0.2, 0) is 9.59 Å². The number of anilines is 1. The molecular formula is C22H26ClN3O2. The van der Waals surface area contributed by atoms with E-state index in [1.54, 1.807) is 24.3 Å². The predicted octanol–water partition coefficient (Wildman–Crippen LogP) is 5.16. The molecule has 0 spiro atoms. The molecule has 0 radical (unpaired) electrons. The lowest BCUT2D eigenvalue weighted by Gasteiger charge is -2.08. The van der Waals surface area contributed by atoms with Crippen molar-refractivity contribution in [1.29, 1.82) is 0 Å². The number of carbonyl (C=O) groups excluding carboxylic acids is 2. The van der Waals surface area contributed by atoms with Crippen molar-refractivity contribution in [3.8, 4) is 0 Å². The number of nitrogens with one attached hydrogen (secondary N) is 2. The highest BCUT2D eigenvalue weighted by molar-refractivity contribution is 6.33. The fourth-order valence-electron chi connectivity index (χ4n) is 2.63. The molecule has 0 aromatic heterocycles. The number of rotatable bonds is 10. The summed E-state index contributed by atoms with van der Waals surface area (Å²) in [5.41, 5.74) is 4.96. The lowest BCUT2D eigenvalue weighted by Crippen LogP contribution is -2.22. The van der Waals surface area contributed by atoms with Crippen molar-refractivity contribution in [3.05, 3.63) is 65.2 Å². The highest BCUT2D eigenvalue weighted by Gasteiger charge is 2.09. The molecule has 0 fully saturated rings. The summed E-state index contributed by atoms with van der Waals surface area (Å²) >= 11 is 6.01. The van der Waals surface area contributed by atoms with Crippen molar-refractivity contribution in [1.82, 2.24) is 5.43 Å². The number of hydrogen-bond donors (Lipinski definition) is 2. The first kappa shape index (κ1) is 21.6. The van der Waals surface area contributed by atoms with Gasteiger partial charge in [-0.05, 0) is 30.5 Å². The summed E-state index contributed by atoms with van der Waals surface area (Å²) in [5.74, 6) is -0.559. The summed E-state index contributed by atoms with van der Waals surface area (Å²) in [4.78, 5) is 24.1. The van der Waals surface area contributed by atoms with Crippen LogP contribution in [0.4, 0.5) is 5.69 Å². The van der Waals surface area contributed by atoms with Crippen LogP contribution in [0.15, 0.2) is 59.7 Å². The Morgan fingerprint density at radius 2 is 1.57 bits per heavy atom. The summed E-state index contributed by atoms with van der Waals surface area (Å²) < 4.78 is 0. The van der Waals surface area contributed by atoms with Gasteiger partial charge in [-0.3, -0.25) is 9.59 Å². The second-order valence-electron chi connectivity index (χ2n) is 6.44. The second kappa shape index (κ2) is 11.9. The number of halogens is 1. The van der Waals surface area contributed by atoms with Crippen LogP contribution >= 0.6 is 11.6 Å². The molecule has 0 aliphatic carbocycles. The minimum absolute atomic E-state index is 0.0524. The van der Waals surface area contributed by atoms with Gasteiger partial charge in [0.1, 0.15) is 0 Å². The molecule has 2 N–H and O–H groups in total. The number of hydrogen-bond acceptors (Lipinski definition) is 3. The first-order chi connectivity index (χ1) is 13.6. The molecule has 0 aliphatic heterocycles. The van der Waals surface area contributed by atoms with Crippen LogP contribution in [0.1, 0.15) is 51.0 Å². The Kier molecular flexibility index (Phi) is 9.22. The highest BCUT2D eigenvalue weighted by atomic mass is 35.5. The van der Waals surface area contributed by atoms with Crippen molar-refractivity contribution in [3.63, 3.8) is 0 Å². The predicted molar refractivity (Wildman–Crippen MR) is 115 cm³/mol. The number of unbranched alkanes of at least 4 members (excludes halogenated alkanes) is 2. The standard InChI is InChI=1S/C22H26ClN3O2/c1-2-3-5-13-19(17-10-6-4-7-11-17)25-26-22(28)16-15-21(27)24-20-14-9-8-12-18(20)23/h4,6-12,14H,2-3,5,13,15-16H2,1H3,(H,24,27)(H,26,28)/b25-19+. The third kappa shape index (κ3) is 7.53. The number of hydrazone groups is 1. The highest BCUT2D eigenvalue weighted by Crippen LogP contribution is 2.20. The third-order valence-corrected chi connectivity index (χ3v) is 4.50. The fourth-order valence-corrected chi connectivity index (χ4v) is 2.81. The van der Waals surface area contributed by atoms with Gasteiger partial charge >= 0.3 is 0 Å². The molecule has 0 saturated heterocycles. The Bertz CT molecular complexity index is 806. The van der Waals surface area contributed by atoms with E-state index < -0.39 is 0 Å².